The first-order valence-electron chi connectivity index (χ1n) is 8.48. The van der Waals surface area contributed by atoms with Gasteiger partial charge in [0.05, 0.1) is 11.4 Å². The third kappa shape index (κ3) is 3.50. The van der Waals surface area contributed by atoms with Crippen LogP contribution in [0.3, 0.4) is 0 Å². The Morgan fingerprint density at radius 2 is 1.63 bits per heavy atom. The number of sulfonamides is 1. The number of ether oxygens (including phenoxy) is 1. The topological polar surface area (TPSA) is 80.8 Å². The summed E-state index contributed by atoms with van der Waals surface area (Å²) < 4.78 is 32.9. The van der Waals surface area contributed by atoms with Crippen molar-refractivity contribution >= 4 is 27.5 Å². The Kier molecular flexibility index (Phi) is 5.14. The van der Waals surface area contributed by atoms with Crippen LogP contribution >= 0.6 is 0 Å². The molecule has 1 aliphatic rings. The van der Waals surface area contributed by atoms with Gasteiger partial charge in [-0.25, -0.2) is 8.42 Å². The molecule has 140 valence electrons. The highest BCUT2D eigenvalue weighted by Gasteiger charge is 2.40. The van der Waals surface area contributed by atoms with E-state index in [1.54, 1.807) is 43.3 Å². The molecule has 0 saturated carbocycles. The van der Waals surface area contributed by atoms with E-state index in [-0.39, 0.29) is 34.9 Å². The van der Waals surface area contributed by atoms with Gasteiger partial charge in [0.2, 0.25) is 0 Å². The van der Waals surface area contributed by atoms with Crippen LogP contribution < -0.4 is 0 Å². The molecule has 0 aliphatic carbocycles. The van der Waals surface area contributed by atoms with Crippen LogP contribution in [0.25, 0.3) is 5.76 Å². The molecule has 27 heavy (non-hydrogen) atoms. The highest BCUT2D eigenvalue weighted by atomic mass is 32.2. The minimum atomic E-state index is -3.99. The van der Waals surface area contributed by atoms with Crippen molar-refractivity contribution in [2.75, 3.05) is 0 Å². The minimum absolute atomic E-state index is 0.00448. The molecule has 0 unspecified atom stereocenters. The molecule has 1 aliphatic heterocycles. The second-order valence-corrected chi connectivity index (χ2v) is 7.89. The first kappa shape index (κ1) is 18.8. The number of fused-ring (bicyclic) bond motifs is 1. The predicted molar refractivity (Wildman–Crippen MR) is 99.6 cm³/mol. The monoisotopic (exact) mass is 385 g/mol. The Morgan fingerprint density at radius 1 is 1.00 bits per heavy atom. The summed E-state index contributed by atoms with van der Waals surface area (Å²) in [5, 5.41) is 0. The third-order valence-electron chi connectivity index (χ3n) is 4.17. The number of nitrogens with zero attached hydrogens (tertiary/aromatic N) is 1. The molecule has 6 nitrogen and oxygen atoms in total. The van der Waals surface area contributed by atoms with Crippen molar-refractivity contribution < 1.29 is 22.7 Å². The average Bonchev–Trinajstić information content (AvgIpc) is 2.66. The summed E-state index contributed by atoms with van der Waals surface area (Å²) in [4.78, 5) is 24.4. The van der Waals surface area contributed by atoms with Crippen LogP contribution in [0, 0.1) is 0 Å². The van der Waals surface area contributed by atoms with E-state index in [4.69, 9.17) is 4.74 Å². The van der Waals surface area contributed by atoms with Crippen LogP contribution in [-0.4, -0.2) is 24.5 Å². The number of hydrogen-bond acceptors (Lipinski definition) is 5. The lowest BCUT2D eigenvalue weighted by Crippen LogP contribution is -2.37. The van der Waals surface area contributed by atoms with E-state index in [0.717, 1.165) is 4.31 Å². The minimum Gasteiger partial charge on any atom is -0.423 e. The van der Waals surface area contributed by atoms with Crippen LogP contribution in [0.2, 0.25) is 0 Å². The van der Waals surface area contributed by atoms with E-state index in [1.165, 1.54) is 19.1 Å². The molecule has 0 atom stereocenters. The number of rotatable bonds is 5. The zero-order valence-electron chi connectivity index (χ0n) is 15.0. The van der Waals surface area contributed by atoms with Crippen molar-refractivity contribution in [1.82, 2.24) is 4.31 Å². The van der Waals surface area contributed by atoms with Crippen molar-refractivity contribution in [3.05, 3.63) is 71.4 Å². The standard InChI is InChI=1S/C20H19NO5S/c1-3-18(23)26-20-16-11-7-8-12-17(16)27(24,25)21(19(20)14(2)22)13-15-9-5-4-6-10-15/h4-12H,3,13H2,1-2H3. The first-order chi connectivity index (χ1) is 12.9. The quantitative estimate of drug-likeness (QED) is 0.739. The molecular formula is C20H19NO5S. The van der Waals surface area contributed by atoms with Gasteiger partial charge in [0, 0.05) is 18.9 Å². The first-order valence-corrected chi connectivity index (χ1v) is 9.92. The van der Waals surface area contributed by atoms with E-state index in [0.29, 0.717) is 5.56 Å². The third-order valence-corrected chi connectivity index (χ3v) is 5.98. The van der Waals surface area contributed by atoms with Gasteiger partial charge in [0.1, 0.15) is 5.70 Å². The molecule has 0 saturated heterocycles. The van der Waals surface area contributed by atoms with Crippen LogP contribution in [-0.2, 0) is 30.9 Å². The molecule has 0 amide bonds. The summed E-state index contributed by atoms with van der Waals surface area (Å²) in [5.74, 6) is -1.06. The van der Waals surface area contributed by atoms with Crippen molar-refractivity contribution in [2.45, 2.75) is 31.7 Å². The number of carbonyl (C=O) groups excluding carboxylic acids is 2. The van der Waals surface area contributed by atoms with Gasteiger partial charge in [-0.3, -0.25) is 13.9 Å². The Balaban J connectivity index is 2.25. The maximum absolute atomic E-state index is 13.2. The van der Waals surface area contributed by atoms with Crippen LogP contribution in [0.1, 0.15) is 31.4 Å². The van der Waals surface area contributed by atoms with E-state index in [2.05, 4.69) is 0 Å². The Bertz CT molecular complexity index is 1030. The predicted octanol–water partition coefficient (Wildman–Crippen LogP) is 3.10. The summed E-state index contributed by atoms with van der Waals surface area (Å²) in [6, 6.07) is 15.1. The second-order valence-electron chi connectivity index (χ2n) is 6.05. The summed E-state index contributed by atoms with van der Waals surface area (Å²) in [7, 11) is -3.99. The Labute approximate surface area is 158 Å². The molecule has 0 aromatic heterocycles. The van der Waals surface area contributed by atoms with E-state index >= 15 is 0 Å². The smallest absolute Gasteiger partial charge is 0.310 e. The number of esters is 1. The molecule has 0 spiro atoms. The van der Waals surface area contributed by atoms with Gasteiger partial charge in [-0.05, 0) is 17.7 Å². The summed E-state index contributed by atoms with van der Waals surface area (Å²) in [5.41, 5.74) is 0.786. The highest BCUT2D eigenvalue weighted by molar-refractivity contribution is 7.89. The molecule has 3 rings (SSSR count). The van der Waals surface area contributed by atoms with Crippen LogP contribution in [0.4, 0.5) is 0 Å². The molecule has 0 N–H and O–H groups in total. The number of carbonyl (C=O) groups is 2. The number of Topliss-reactive ketones (excluding diaryl/α,β-unsaturated/α-hetero) is 1. The number of hydrogen-bond donors (Lipinski definition) is 0. The molecule has 0 radical (unpaired) electrons. The van der Waals surface area contributed by atoms with Gasteiger partial charge < -0.3 is 4.74 Å². The normalized spacial score (nSPS) is 15.3. The maximum Gasteiger partial charge on any atom is 0.310 e. The molecular weight excluding hydrogens is 366 g/mol. The number of ketones is 1. The zero-order chi connectivity index (χ0) is 19.6. The fourth-order valence-electron chi connectivity index (χ4n) is 2.90. The van der Waals surface area contributed by atoms with Crippen molar-refractivity contribution in [3.63, 3.8) is 0 Å². The van der Waals surface area contributed by atoms with Crippen molar-refractivity contribution in [1.29, 1.82) is 0 Å². The van der Waals surface area contributed by atoms with Gasteiger partial charge in [-0.1, -0.05) is 49.4 Å². The van der Waals surface area contributed by atoms with E-state index < -0.39 is 21.8 Å². The van der Waals surface area contributed by atoms with E-state index in [1.807, 2.05) is 6.07 Å². The van der Waals surface area contributed by atoms with Crippen molar-refractivity contribution in [3.8, 4) is 0 Å². The Hall–Kier alpha value is -2.93. The summed E-state index contributed by atoms with van der Waals surface area (Å²) >= 11 is 0. The fourth-order valence-corrected chi connectivity index (χ4v) is 4.59. The van der Waals surface area contributed by atoms with Gasteiger partial charge in [0.25, 0.3) is 10.0 Å². The van der Waals surface area contributed by atoms with Crippen LogP contribution in [0.15, 0.2) is 65.2 Å². The molecule has 2 aromatic rings. The lowest BCUT2D eigenvalue weighted by molar-refractivity contribution is -0.136. The number of benzene rings is 2. The molecule has 0 bridgehead atoms. The number of allylic oxidation sites excluding steroid dienone is 1. The van der Waals surface area contributed by atoms with Crippen molar-refractivity contribution in [2.24, 2.45) is 0 Å². The van der Waals surface area contributed by atoms with Gasteiger partial charge in [0.15, 0.2) is 11.5 Å². The highest BCUT2D eigenvalue weighted by Crippen LogP contribution is 2.38. The summed E-state index contributed by atoms with van der Waals surface area (Å²) in [6.45, 7) is 2.85. The maximum atomic E-state index is 13.2. The summed E-state index contributed by atoms with van der Waals surface area (Å²) in [6.07, 6.45) is 0.0995. The lowest BCUT2D eigenvalue weighted by atomic mass is 10.1. The average molecular weight is 385 g/mol. The van der Waals surface area contributed by atoms with Gasteiger partial charge in [-0.2, -0.15) is 0 Å². The van der Waals surface area contributed by atoms with Crippen LogP contribution in [0.5, 0.6) is 0 Å². The zero-order valence-corrected chi connectivity index (χ0v) is 15.8. The fraction of sp³-hybridized carbons (Fsp3) is 0.200. The molecule has 1 heterocycles. The van der Waals surface area contributed by atoms with Gasteiger partial charge >= 0.3 is 5.97 Å². The van der Waals surface area contributed by atoms with E-state index in [9.17, 15) is 18.0 Å². The Morgan fingerprint density at radius 3 is 2.26 bits per heavy atom. The second kappa shape index (κ2) is 7.36. The van der Waals surface area contributed by atoms with Gasteiger partial charge in [-0.15, -0.1) is 0 Å². The molecule has 7 heteroatoms. The lowest BCUT2D eigenvalue weighted by Gasteiger charge is -2.32. The SMILES string of the molecule is CCC(=O)OC1=C(C(C)=O)N(Cc2ccccc2)S(=O)(=O)c2ccccc21. The molecule has 2 aromatic carbocycles. The largest absolute Gasteiger partial charge is 0.423 e. The molecule has 0 fully saturated rings.